The average molecular weight is 419 g/mol. The van der Waals surface area contributed by atoms with Gasteiger partial charge in [0.05, 0.1) is 10.5 Å². The third-order valence-corrected chi connectivity index (χ3v) is 6.36. The molecule has 3 rings (SSSR count). The molecule has 2 nitrogen and oxygen atoms in total. The summed E-state index contributed by atoms with van der Waals surface area (Å²) < 4.78 is 0. The Morgan fingerprint density at radius 3 is 2.72 bits per heavy atom. The first kappa shape index (κ1) is 22.9. The molecule has 0 radical (unpaired) electrons. The predicted molar refractivity (Wildman–Crippen MR) is 119 cm³/mol. The number of benzene rings is 1. The van der Waals surface area contributed by atoms with Gasteiger partial charge in [-0.15, -0.1) is 48.3 Å². The smallest absolute Gasteiger partial charge is 0.0970 e. The predicted octanol–water partition coefficient (Wildman–Crippen LogP) is 5.96. The van der Waals surface area contributed by atoms with Gasteiger partial charge in [0.1, 0.15) is 0 Å². The minimum atomic E-state index is 0. The van der Waals surface area contributed by atoms with Gasteiger partial charge in [0.25, 0.3) is 0 Å². The van der Waals surface area contributed by atoms with E-state index in [9.17, 15) is 0 Å². The van der Waals surface area contributed by atoms with Crippen LogP contribution in [0.1, 0.15) is 30.4 Å². The van der Waals surface area contributed by atoms with Crippen LogP contribution in [0.3, 0.4) is 0 Å². The zero-order valence-electron chi connectivity index (χ0n) is 15.0. The zero-order chi connectivity index (χ0) is 16.1. The highest BCUT2D eigenvalue weighted by Gasteiger charge is 2.10. The van der Waals surface area contributed by atoms with Crippen LogP contribution in [-0.2, 0) is 0 Å². The van der Waals surface area contributed by atoms with Crippen LogP contribution >= 0.6 is 48.3 Å². The van der Waals surface area contributed by atoms with Crippen molar-refractivity contribution in [2.45, 2.75) is 38.1 Å². The lowest BCUT2D eigenvalue weighted by molar-refractivity contribution is 0.346. The first-order chi connectivity index (χ1) is 11.2. The van der Waals surface area contributed by atoms with Gasteiger partial charge in [0.15, 0.2) is 0 Å². The fourth-order valence-corrected chi connectivity index (χ4v) is 4.98. The lowest BCUT2D eigenvalue weighted by atomic mass is 10.1. The number of unbranched alkanes of at least 4 members (excludes halogenated alkanes) is 2. The summed E-state index contributed by atoms with van der Waals surface area (Å²) in [4.78, 5) is 7.39. The first-order valence-corrected chi connectivity index (χ1v) is 10.7. The second-order valence-electron chi connectivity index (χ2n) is 6.36. The van der Waals surface area contributed by atoms with Gasteiger partial charge >= 0.3 is 0 Å². The van der Waals surface area contributed by atoms with Crippen molar-refractivity contribution in [3.05, 3.63) is 35.4 Å². The van der Waals surface area contributed by atoms with Crippen molar-refractivity contribution in [1.82, 2.24) is 9.88 Å². The number of hydrogen-bond acceptors (Lipinski definition) is 4. The molecule has 2 aromatic rings. The van der Waals surface area contributed by atoms with E-state index in [0.717, 1.165) is 5.52 Å². The summed E-state index contributed by atoms with van der Waals surface area (Å²) in [5.74, 6) is 3.75. The summed E-state index contributed by atoms with van der Waals surface area (Å²) in [6.07, 6.45) is 3.96. The quantitative estimate of drug-likeness (QED) is 0.406. The molecular weight excluding hydrogens is 391 g/mol. The number of thioether (sulfide) groups is 2. The second-order valence-corrected chi connectivity index (χ2v) is 8.55. The summed E-state index contributed by atoms with van der Waals surface area (Å²) >= 11 is 3.97. The molecule has 0 saturated carbocycles. The molecule has 0 aliphatic carbocycles. The largest absolute Gasteiger partial charge is 0.293 e. The van der Waals surface area contributed by atoms with E-state index in [2.05, 4.69) is 54.8 Å². The number of nitrogens with zero attached hydrogens (tertiary/aromatic N) is 2. The van der Waals surface area contributed by atoms with Crippen molar-refractivity contribution in [3.63, 3.8) is 0 Å². The normalized spacial score (nSPS) is 14.3. The Balaban J connectivity index is 0.00000156. The maximum absolute atomic E-state index is 4.81. The fourth-order valence-electron chi connectivity index (χ4n) is 2.97. The van der Waals surface area contributed by atoms with Gasteiger partial charge in [0.2, 0.25) is 0 Å². The molecule has 25 heavy (non-hydrogen) atoms. The molecule has 0 atom stereocenters. The standard InChI is InChI=1S/C19H26N2S2.2ClH/c1-15-6-7-18-17(12-15)16(2)13-19(20-18)23-10-5-3-4-8-21-9-11-22-14-21;;/h6-7,12-13H,3-5,8-11,14H2,1-2H3;2*1H. The number of aryl methyl sites for hydroxylation is 2. The molecule has 1 saturated heterocycles. The van der Waals surface area contributed by atoms with E-state index in [1.807, 2.05) is 11.8 Å². The third-order valence-electron chi connectivity index (χ3n) is 4.34. The molecule has 0 bridgehead atoms. The minimum absolute atomic E-state index is 0. The lowest BCUT2D eigenvalue weighted by Crippen LogP contribution is -2.20. The molecule has 0 unspecified atom stereocenters. The maximum atomic E-state index is 4.81. The topological polar surface area (TPSA) is 16.1 Å². The van der Waals surface area contributed by atoms with E-state index < -0.39 is 0 Å². The van der Waals surface area contributed by atoms with Crippen LogP contribution in [0.4, 0.5) is 0 Å². The monoisotopic (exact) mass is 418 g/mol. The number of fused-ring (bicyclic) bond motifs is 1. The molecule has 140 valence electrons. The Kier molecular flexibility index (Phi) is 10.6. The van der Waals surface area contributed by atoms with Crippen LogP contribution in [0.2, 0.25) is 0 Å². The van der Waals surface area contributed by atoms with E-state index in [4.69, 9.17) is 4.98 Å². The molecule has 2 heterocycles. The highest BCUT2D eigenvalue weighted by Crippen LogP contribution is 2.25. The summed E-state index contributed by atoms with van der Waals surface area (Å²) in [6.45, 7) is 6.91. The molecule has 0 spiro atoms. The van der Waals surface area contributed by atoms with E-state index >= 15 is 0 Å². The first-order valence-electron chi connectivity index (χ1n) is 8.53. The Morgan fingerprint density at radius 2 is 1.96 bits per heavy atom. The molecule has 0 N–H and O–H groups in total. The molecular formula is C19H28Cl2N2S2. The average Bonchev–Trinajstić information content (AvgIpc) is 3.05. The third kappa shape index (κ3) is 6.84. The van der Waals surface area contributed by atoms with Crippen molar-refractivity contribution >= 4 is 59.2 Å². The summed E-state index contributed by atoms with van der Waals surface area (Å²) in [6, 6.07) is 8.78. The molecule has 0 amide bonds. The number of aromatic nitrogens is 1. The highest BCUT2D eigenvalue weighted by molar-refractivity contribution is 7.99. The zero-order valence-corrected chi connectivity index (χ0v) is 18.3. The minimum Gasteiger partial charge on any atom is -0.293 e. The Labute approximate surface area is 172 Å². The molecule has 1 aliphatic heterocycles. The Morgan fingerprint density at radius 1 is 1.12 bits per heavy atom. The van der Waals surface area contributed by atoms with Crippen molar-refractivity contribution in [3.8, 4) is 0 Å². The van der Waals surface area contributed by atoms with Gasteiger partial charge in [-0.3, -0.25) is 4.90 Å². The van der Waals surface area contributed by atoms with Gasteiger partial charge in [-0.25, -0.2) is 4.98 Å². The number of hydrogen-bond donors (Lipinski definition) is 0. The van der Waals surface area contributed by atoms with Crippen molar-refractivity contribution in [2.24, 2.45) is 0 Å². The molecule has 1 fully saturated rings. The van der Waals surface area contributed by atoms with Crippen LogP contribution in [0.5, 0.6) is 0 Å². The number of halogens is 2. The molecule has 1 aromatic carbocycles. The van der Waals surface area contributed by atoms with Crippen molar-refractivity contribution < 1.29 is 0 Å². The summed E-state index contributed by atoms with van der Waals surface area (Å²) in [5, 5.41) is 2.47. The summed E-state index contributed by atoms with van der Waals surface area (Å²) in [5.41, 5.74) is 3.77. The van der Waals surface area contributed by atoms with Crippen LogP contribution < -0.4 is 0 Å². The fraction of sp³-hybridized carbons (Fsp3) is 0.526. The highest BCUT2D eigenvalue weighted by atomic mass is 35.5. The Bertz CT molecular complexity index is 661. The SMILES string of the molecule is Cc1ccc2nc(SCCCCCN3CCSC3)cc(C)c2c1.Cl.Cl. The van der Waals surface area contributed by atoms with Gasteiger partial charge in [0, 0.05) is 23.6 Å². The van der Waals surface area contributed by atoms with Crippen LogP contribution in [0, 0.1) is 13.8 Å². The van der Waals surface area contributed by atoms with Crippen LogP contribution in [0.15, 0.2) is 29.3 Å². The van der Waals surface area contributed by atoms with E-state index in [0.29, 0.717) is 0 Å². The molecule has 6 heteroatoms. The van der Waals surface area contributed by atoms with Gasteiger partial charge in [-0.1, -0.05) is 18.1 Å². The molecule has 1 aliphatic rings. The van der Waals surface area contributed by atoms with Crippen LogP contribution in [-0.4, -0.2) is 40.4 Å². The van der Waals surface area contributed by atoms with Crippen molar-refractivity contribution in [2.75, 3.05) is 30.5 Å². The van der Waals surface area contributed by atoms with Crippen molar-refractivity contribution in [1.29, 1.82) is 0 Å². The van der Waals surface area contributed by atoms with Gasteiger partial charge in [-0.05, 0) is 62.7 Å². The van der Waals surface area contributed by atoms with E-state index in [-0.39, 0.29) is 24.8 Å². The maximum Gasteiger partial charge on any atom is 0.0970 e. The van der Waals surface area contributed by atoms with E-state index in [1.165, 1.54) is 71.3 Å². The number of pyridine rings is 1. The second kappa shape index (κ2) is 11.6. The van der Waals surface area contributed by atoms with Crippen LogP contribution in [0.25, 0.3) is 10.9 Å². The lowest BCUT2D eigenvalue weighted by Gasteiger charge is -2.12. The number of rotatable bonds is 7. The summed E-state index contributed by atoms with van der Waals surface area (Å²) in [7, 11) is 0. The Hall–Kier alpha value is -0.130. The molecule has 1 aromatic heterocycles. The van der Waals surface area contributed by atoms with E-state index in [1.54, 1.807) is 0 Å². The van der Waals surface area contributed by atoms with Gasteiger partial charge < -0.3 is 0 Å². The van der Waals surface area contributed by atoms with Gasteiger partial charge in [-0.2, -0.15) is 0 Å².